The van der Waals surface area contributed by atoms with Gasteiger partial charge in [-0.1, -0.05) is 6.08 Å². The number of aliphatic carboxylic acids is 1. The van der Waals surface area contributed by atoms with Gasteiger partial charge in [-0.25, -0.2) is 9.59 Å². The Morgan fingerprint density at radius 1 is 1.69 bits per heavy atom. The van der Waals surface area contributed by atoms with Gasteiger partial charge in [0.05, 0.1) is 12.5 Å². The van der Waals surface area contributed by atoms with Crippen molar-refractivity contribution in [3.05, 3.63) is 12.7 Å². The molecule has 1 unspecified atom stereocenters. The van der Waals surface area contributed by atoms with E-state index in [1.165, 1.54) is 18.0 Å². The van der Waals surface area contributed by atoms with E-state index in [0.29, 0.717) is 0 Å². The highest BCUT2D eigenvalue weighted by Gasteiger charge is 2.19. The number of carboxylic acid groups (broad SMARTS) is 1. The largest absolute Gasteiger partial charge is 0.480 e. The van der Waals surface area contributed by atoms with Crippen LogP contribution in [-0.2, 0) is 4.79 Å². The third kappa shape index (κ3) is 5.00. The molecule has 0 aromatic heterocycles. The SMILES string of the molecule is C=CCC(NC(=O)N(C)CCC#N)C(=O)O. The fourth-order valence-corrected chi connectivity index (χ4v) is 0.967. The summed E-state index contributed by atoms with van der Waals surface area (Å²) >= 11 is 0. The lowest BCUT2D eigenvalue weighted by atomic mass is 10.2. The van der Waals surface area contributed by atoms with Crippen LogP contribution < -0.4 is 5.32 Å². The molecule has 0 aromatic rings. The van der Waals surface area contributed by atoms with E-state index in [4.69, 9.17) is 10.4 Å². The fourth-order valence-electron chi connectivity index (χ4n) is 0.967. The summed E-state index contributed by atoms with van der Waals surface area (Å²) in [5, 5.41) is 19.4. The fraction of sp³-hybridized carbons (Fsp3) is 0.500. The molecule has 6 heteroatoms. The van der Waals surface area contributed by atoms with Crippen molar-refractivity contribution in [2.75, 3.05) is 13.6 Å². The number of nitriles is 1. The first kappa shape index (κ1) is 14.0. The molecule has 0 fully saturated rings. The molecular weight excluding hydrogens is 210 g/mol. The van der Waals surface area contributed by atoms with Crippen LogP contribution in [0.3, 0.4) is 0 Å². The first-order valence-electron chi connectivity index (χ1n) is 4.75. The average molecular weight is 225 g/mol. The van der Waals surface area contributed by atoms with Crippen LogP contribution in [0.2, 0.25) is 0 Å². The Morgan fingerprint density at radius 3 is 2.75 bits per heavy atom. The maximum atomic E-state index is 11.4. The number of rotatable bonds is 6. The van der Waals surface area contributed by atoms with E-state index in [1.807, 2.05) is 6.07 Å². The zero-order valence-electron chi connectivity index (χ0n) is 9.14. The number of hydrogen-bond donors (Lipinski definition) is 2. The Labute approximate surface area is 94.2 Å². The van der Waals surface area contributed by atoms with Gasteiger partial charge in [0, 0.05) is 13.6 Å². The van der Waals surface area contributed by atoms with Crippen molar-refractivity contribution in [1.82, 2.24) is 10.2 Å². The minimum absolute atomic E-state index is 0.160. The molecule has 0 aliphatic carbocycles. The molecule has 0 saturated heterocycles. The maximum Gasteiger partial charge on any atom is 0.326 e. The van der Waals surface area contributed by atoms with E-state index in [0.717, 1.165) is 0 Å². The van der Waals surface area contributed by atoms with Crippen molar-refractivity contribution in [3.8, 4) is 6.07 Å². The smallest absolute Gasteiger partial charge is 0.326 e. The monoisotopic (exact) mass is 225 g/mol. The van der Waals surface area contributed by atoms with Crippen molar-refractivity contribution < 1.29 is 14.7 Å². The summed E-state index contributed by atoms with van der Waals surface area (Å²) in [6, 6.07) is 0.414. The number of carboxylic acids is 1. The van der Waals surface area contributed by atoms with E-state index in [9.17, 15) is 9.59 Å². The Morgan fingerprint density at radius 2 is 2.31 bits per heavy atom. The first-order chi connectivity index (χ1) is 7.52. The molecular formula is C10H15N3O3. The summed E-state index contributed by atoms with van der Waals surface area (Å²) in [7, 11) is 1.50. The topological polar surface area (TPSA) is 93.4 Å². The molecule has 16 heavy (non-hydrogen) atoms. The van der Waals surface area contributed by atoms with Crippen LogP contribution in [0, 0.1) is 11.3 Å². The molecule has 1 atom stereocenters. The molecule has 0 radical (unpaired) electrons. The number of nitrogens with one attached hydrogen (secondary N) is 1. The minimum atomic E-state index is -1.11. The van der Waals surface area contributed by atoms with E-state index in [2.05, 4.69) is 11.9 Å². The Balaban J connectivity index is 4.23. The molecule has 0 rings (SSSR count). The molecule has 0 aromatic carbocycles. The van der Waals surface area contributed by atoms with Crippen LogP contribution >= 0.6 is 0 Å². The molecule has 0 aliphatic rings. The summed E-state index contributed by atoms with van der Waals surface area (Å²) in [6.45, 7) is 3.68. The van der Waals surface area contributed by atoms with Gasteiger partial charge >= 0.3 is 12.0 Å². The lowest BCUT2D eigenvalue weighted by Crippen LogP contribution is -2.46. The van der Waals surface area contributed by atoms with E-state index in [1.54, 1.807) is 0 Å². The third-order valence-electron chi connectivity index (χ3n) is 1.90. The van der Waals surface area contributed by atoms with Gasteiger partial charge in [0.25, 0.3) is 0 Å². The summed E-state index contributed by atoms with van der Waals surface area (Å²) in [6.07, 6.45) is 1.80. The molecule has 0 spiro atoms. The highest BCUT2D eigenvalue weighted by atomic mass is 16.4. The molecule has 0 saturated carbocycles. The van der Waals surface area contributed by atoms with Crippen LogP contribution in [0.25, 0.3) is 0 Å². The van der Waals surface area contributed by atoms with Crippen molar-refractivity contribution >= 4 is 12.0 Å². The van der Waals surface area contributed by atoms with Gasteiger partial charge in [0.15, 0.2) is 0 Å². The highest BCUT2D eigenvalue weighted by Crippen LogP contribution is 1.96. The third-order valence-corrected chi connectivity index (χ3v) is 1.90. The standard InChI is InChI=1S/C10H15N3O3/c1-3-5-8(9(14)15)12-10(16)13(2)7-4-6-11/h3,8H,1,4-5,7H2,2H3,(H,12,16)(H,14,15). The number of carbonyl (C=O) groups is 2. The predicted molar refractivity (Wildman–Crippen MR) is 57.6 cm³/mol. The molecule has 2 N–H and O–H groups in total. The number of urea groups is 1. The molecule has 0 bridgehead atoms. The number of hydrogen-bond acceptors (Lipinski definition) is 3. The zero-order valence-corrected chi connectivity index (χ0v) is 9.14. The first-order valence-corrected chi connectivity index (χ1v) is 4.75. The van der Waals surface area contributed by atoms with E-state index in [-0.39, 0.29) is 19.4 Å². The van der Waals surface area contributed by atoms with Gasteiger partial charge in [0.1, 0.15) is 6.04 Å². The second kappa shape index (κ2) is 7.29. The van der Waals surface area contributed by atoms with Gasteiger partial charge < -0.3 is 15.3 Å². The lowest BCUT2D eigenvalue weighted by molar-refractivity contribution is -0.139. The number of carbonyl (C=O) groups excluding carboxylic acids is 1. The zero-order chi connectivity index (χ0) is 12.6. The van der Waals surface area contributed by atoms with Crippen LogP contribution in [0.1, 0.15) is 12.8 Å². The van der Waals surface area contributed by atoms with Crippen LogP contribution in [0.15, 0.2) is 12.7 Å². The van der Waals surface area contributed by atoms with Crippen molar-refractivity contribution in [3.63, 3.8) is 0 Å². The van der Waals surface area contributed by atoms with Crippen LogP contribution in [0.4, 0.5) is 4.79 Å². The molecule has 6 nitrogen and oxygen atoms in total. The summed E-state index contributed by atoms with van der Waals surface area (Å²) in [5.74, 6) is -1.11. The molecule has 0 heterocycles. The van der Waals surface area contributed by atoms with Gasteiger partial charge in [-0.3, -0.25) is 0 Å². The Kier molecular flexibility index (Phi) is 6.36. The van der Waals surface area contributed by atoms with E-state index >= 15 is 0 Å². The summed E-state index contributed by atoms with van der Waals surface area (Å²) in [5.41, 5.74) is 0. The van der Waals surface area contributed by atoms with Gasteiger partial charge in [-0.05, 0) is 6.42 Å². The highest BCUT2D eigenvalue weighted by molar-refractivity contribution is 5.82. The minimum Gasteiger partial charge on any atom is -0.480 e. The summed E-state index contributed by atoms with van der Waals surface area (Å²) in [4.78, 5) is 23.4. The quantitative estimate of drug-likeness (QED) is 0.646. The normalized spacial score (nSPS) is 11.0. The van der Waals surface area contributed by atoms with E-state index < -0.39 is 18.0 Å². The maximum absolute atomic E-state index is 11.4. The summed E-state index contributed by atoms with van der Waals surface area (Å²) < 4.78 is 0. The molecule has 88 valence electrons. The number of nitrogens with zero attached hydrogens (tertiary/aromatic N) is 2. The van der Waals surface area contributed by atoms with Crippen molar-refractivity contribution in [2.24, 2.45) is 0 Å². The van der Waals surface area contributed by atoms with Crippen molar-refractivity contribution in [1.29, 1.82) is 5.26 Å². The van der Waals surface area contributed by atoms with Crippen LogP contribution in [0.5, 0.6) is 0 Å². The Hall–Kier alpha value is -2.03. The lowest BCUT2D eigenvalue weighted by Gasteiger charge is -2.19. The second-order valence-electron chi connectivity index (χ2n) is 3.19. The average Bonchev–Trinajstić information content (AvgIpc) is 2.24. The van der Waals surface area contributed by atoms with Gasteiger partial charge in [-0.2, -0.15) is 5.26 Å². The van der Waals surface area contributed by atoms with Crippen LogP contribution in [-0.4, -0.2) is 41.6 Å². The van der Waals surface area contributed by atoms with Gasteiger partial charge in [-0.15, -0.1) is 6.58 Å². The predicted octanol–water partition coefficient (Wildman–Crippen LogP) is 0.571. The second-order valence-corrected chi connectivity index (χ2v) is 3.19. The van der Waals surface area contributed by atoms with Gasteiger partial charge in [0.2, 0.25) is 0 Å². The molecule has 2 amide bonds. The number of amides is 2. The molecule has 0 aliphatic heterocycles. The van der Waals surface area contributed by atoms with Crippen molar-refractivity contribution in [2.45, 2.75) is 18.9 Å². The Bertz CT molecular complexity index is 309.